The van der Waals surface area contributed by atoms with E-state index in [1.807, 2.05) is 30.4 Å². The number of aromatic nitrogens is 3. The lowest BCUT2D eigenvalue weighted by Gasteiger charge is -2.25. The molecular weight excluding hydrogens is 282 g/mol. The molecule has 0 aliphatic heterocycles. The average molecular weight is 303 g/mol. The predicted octanol–water partition coefficient (Wildman–Crippen LogP) is -0.240. The van der Waals surface area contributed by atoms with E-state index in [9.17, 15) is 14.4 Å². The fourth-order valence-corrected chi connectivity index (χ4v) is 4.40. The van der Waals surface area contributed by atoms with Crippen LogP contribution in [0.2, 0.25) is 12.6 Å². The highest BCUT2D eigenvalue weighted by Gasteiger charge is 2.30. The molecule has 1 aromatic heterocycles. The van der Waals surface area contributed by atoms with E-state index in [-0.39, 0.29) is 6.54 Å². The van der Waals surface area contributed by atoms with Crippen LogP contribution in [0.25, 0.3) is 0 Å². The molecule has 0 radical (unpaired) electrons. The largest absolute Gasteiger partial charge is 0.395 e. The molecule has 0 fully saturated rings. The lowest BCUT2D eigenvalue weighted by molar-refractivity contribution is 0.187. The molecule has 0 amide bonds. The molecule has 9 heteroatoms. The van der Waals surface area contributed by atoms with Gasteiger partial charge in [0.05, 0.1) is 0 Å². The van der Waals surface area contributed by atoms with Gasteiger partial charge in [0.1, 0.15) is 0 Å². The third kappa shape index (κ3) is 4.58. The van der Waals surface area contributed by atoms with Crippen LogP contribution in [0.4, 0.5) is 0 Å². The first kappa shape index (κ1) is 16.6. The van der Waals surface area contributed by atoms with Crippen molar-refractivity contribution >= 4 is 8.56 Å². The summed E-state index contributed by atoms with van der Waals surface area (Å²) in [6.45, 7) is 7.13. The van der Waals surface area contributed by atoms with E-state index in [0.717, 1.165) is 4.57 Å². The van der Waals surface area contributed by atoms with E-state index in [0.29, 0.717) is 25.7 Å². The first-order chi connectivity index (χ1) is 9.41. The molecule has 0 unspecified atom stereocenters. The maximum atomic E-state index is 11.5. The van der Waals surface area contributed by atoms with Gasteiger partial charge >= 0.3 is 25.6 Å². The molecule has 1 aromatic rings. The molecule has 0 aliphatic carbocycles. The molecular formula is C11H21N3O5Si. The third-order valence-electron chi connectivity index (χ3n) is 2.84. The van der Waals surface area contributed by atoms with Crippen molar-refractivity contribution in [3.63, 3.8) is 0 Å². The van der Waals surface area contributed by atoms with Crippen LogP contribution in [0.5, 0.6) is 0 Å². The fraction of sp³-hybridized carbons (Fsp3) is 0.727. The molecule has 2 N–H and O–H groups in total. The minimum atomic E-state index is -2.25. The van der Waals surface area contributed by atoms with Gasteiger partial charge < -0.3 is 8.85 Å². The summed E-state index contributed by atoms with van der Waals surface area (Å²) in [5, 5.41) is 0. The van der Waals surface area contributed by atoms with Crippen LogP contribution < -0.4 is 17.1 Å². The van der Waals surface area contributed by atoms with Gasteiger partial charge in [-0.1, -0.05) is 0 Å². The van der Waals surface area contributed by atoms with Crippen LogP contribution in [0, 0.1) is 0 Å². The number of nitrogens with one attached hydrogen (secondary N) is 2. The average Bonchev–Trinajstić information content (AvgIpc) is 2.33. The van der Waals surface area contributed by atoms with Gasteiger partial charge in [-0.25, -0.2) is 19.0 Å². The Labute approximate surface area is 117 Å². The van der Waals surface area contributed by atoms with Crippen molar-refractivity contribution in [2.75, 3.05) is 13.2 Å². The Balaban J connectivity index is 2.71. The molecule has 114 valence electrons. The minimum Gasteiger partial charge on any atom is -0.395 e. The van der Waals surface area contributed by atoms with E-state index in [1.54, 1.807) is 0 Å². The smallest absolute Gasteiger partial charge is 0.334 e. The lowest BCUT2D eigenvalue weighted by atomic mass is 10.5. The number of rotatable bonds is 8. The third-order valence-corrected chi connectivity index (χ3v) is 5.90. The second kappa shape index (κ2) is 7.36. The molecule has 0 saturated heterocycles. The molecule has 1 rings (SSSR count). The molecule has 8 nitrogen and oxygen atoms in total. The molecule has 0 atom stereocenters. The second-order valence-electron chi connectivity index (χ2n) is 4.44. The molecule has 0 bridgehead atoms. The summed E-state index contributed by atoms with van der Waals surface area (Å²) in [7, 11) is -2.25. The van der Waals surface area contributed by atoms with Crippen molar-refractivity contribution in [1.82, 2.24) is 14.5 Å². The zero-order valence-corrected chi connectivity index (χ0v) is 13.0. The summed E-state index contributed by atoms with van der Waals surface area (Å²) < 4.78 is 12.3. The standard InChI is InChI=1S/C11H21N3O5Si/c1-4-18-20(3,19-5-2)8-6-7-14-10(16)12-9(15)13-11(14)17/h4-8H2,1-3H3,(H2,12,13,15,16,17). The summed E-state index contributed by atoms with van der Waals surface area (Å²) in [5.41, 5.74) is -2.19. The number of aromatic amines is 2. The van der Waals surface area contributed by atoms with E-state index in [4.69, 9.17) is 8.85 Å². The number of nitrogens with zero attached hydrogens (tertiary/aromatic N) is 1. The Morgan fingerprint density at radius 1 is 1.05 bits per heavy atom. The van der Waals surface area contributed by atoms with Crippen LogP contribution >= 0.6 is 0 Å². The monoisotopic (exact) mass is 303 g/mol. The van der Waals surface area contributed by atoms with Gasteiger partial charge in [0.15, 0.2) is 0 Å². The SMILES string of the molecule is CCO[Si](C)(CCCn1c(=O)[nH]c(=O)[nH]c1=O)OCC. The molecule has 1 heterocycles. The Hall–Kier alpha value is -1.45. The first-order valence-electron chi connectivity index (χ1n) is 6.63. The van der Waals surface area contributed by atoms with E-state index >= 15 is 0 Å². The Morgan fingerprint density at radius 2 is 1.55 bits per heavy atom. The number of hydrogen-bond donors (Lipinski definition) is 2. The summed E-state index contributed by atoms with van der Waals surface area (Å²) in [4.78, 5) is 38.0. The summed E-state index contributed by atoms with van der Waals surface area (Å²) in [5.74, 6) is 0. The van der Waals surface area contributed by atoms with Crippen LogP contribution in [0.3, 0.4) is 0 Å². The Morgan fingerprint density at radius 3 is 2.00 bits per heavy atom. The molecule has 0 aliphatic rings. The van der Waals surface area contributed by atoms with Crippen molar-refractivity contribution in [2.45, 2.75) is 39.4 Å². The van der Waals surface area contributed by atoms with Crippen molar-refractivity contribution in [3.05, 3.63) is 31.5 Å². The van der Waals surface area contributed by atoms with E-state index in [1.165, 1.54) is 0 Å². The predicted molar refractivity (Wildman–Crippen MR) is 76.2 cm³/mol. The topological polar surface area (TPSA) is 106 Å². The Kier molecular flexibility index (Phi) is 6.11. The van der Waals surface area contributed by atoms with Crippen molar-refractivity contribution in [2.24, 2.45) is 0 Å². The zero-order valence-electron chi connectivity index (χ0n) is 12.0. The fourth-order valence-electron chi connectivity index (χ4n) is 2.01. The summed E-state index contributed by atoms with van der Waals surface area (Å²) in [6, 6.07) is 0.666. The van der Waals surface area contributed by atoms with Crippen LogP contribution in [-0.2, 0) is 15.4 Å². The van der Waals surface area contributed by atoms with Crippen molar-refractivity contribution in [3.8, 4) is 0 Å². The van der Waals surface area contributed by atoms with Crippen molar-refractivity contribution < 1.29 is 8.85 Å². The first-order valence-corrected chi connectivity index (χ1v) is 9.15. The van der Waals surface area contributed by atoms with Gasteiger partial charge in [0.2, 0.25) is 0 Å². The minimum absolute atomic E-state index is 0.216. The van der Waals surface area contributed by atoms with E-state index in [2.05, 4.69) is 0 Å². The van der Waals surface area contributed by atoms with Gasteiger partial charge in [-0.2, -0.15) is 0 Å². The summed E-state index contributed by atoms with van der Waals surface area (Å²) in [6.07, 6.45) is 0.567. The number of hydrogen-bond acceptors (Lipinski definition) is 5. The van der Waals surface area contributed by atoms with Gasteiger partial charge in [-0.3, -0.25) is 9.97 Å². The van der Waals surface area contributed by atoms with Crippen LogP contribution in [0.15, 0.2) is 14.4 Å². The number of H-pyrrole nitrogens is 2. The molecule has 0 spiro atoms. The zero-order chi connectivity index (χ0) is 15.2. The second-order valence-corrected chi connectivity index (χ2v) is 7.79. The van der Waals surface area contributed by atoms with Gasteiger partial charge in [0.25, 0.3) is 0 Å². The highest BCUT2D eigenvalue weighted by molar-refractivity contribution is 6.66. The molecule has 0 aromatic carbocycles. The quantitative estimate of drug-likeness (QED) is 0.645. The highest BCUT2D eigenvalue weighted by atomic mass is 28.4. The van der Waals surface area contributed by atoms with E-state index < -0.39 is 25.6 Å². The molecule has 0 saturated carbocycles. The maximum absolute atomic E-state index is 11.5. The van der Waals surface area contributed by atoms with Gasteiger partial charge in [-0.05, 0) is 32.9 Å². The lowest BCUT2D eigenvalue weighted by Crippen LogP contribution is -2.44. The normalized spacial score (nSPS) is 11.8. The van der Waals surface area contributed by atoms with Gasteiger partial charge in [0, 0.05) is 19.8 Å². The summed E-state index contributed by atoms with van der Waals surface area (Å²) >= 11 is 0. The van der Waals surface area contributed by atoms with Gasteiger partial charge in [-0.15, -0.1) is 0 Å². The molecule has 20 heavy (non-hydrogen) atoms. The maximum Gasteiger partial charge on any atom is 0.334 e. The van der Waals surface area contributed by atoms with Crippen molar-refractivity contribution in [1.29, 1.82) is 0 Å². The highest BCUT2D eigenvalue weighted by Crippen LogP contribution is 2.15. The Bertz CT molecular complexity index is 550. The van der Waals surface area contributed by atoms with Crippen LogP contribution in [0.1, 0.15) is 20.3 Å². The van der Waals surface area contributed by atoms with Crippen LogP contribution in [-0.4, -0.2) is 36.3 Å².